The van der Waals surface area contributed by atoms with Crippen LogP contribution in [0.2, 0.25) is 0 Å². The van der Waals surface area contributed by atoms with Gasteiger partial charge in [-0.2, -0.15) is 0 Å². The van der Waals surface area contributed by atoms with Crippen molar-refractivity contribution in [3.8, 4) is 5.75 Å². The monoisotopic (exact) mass is 570 g/mol. The molecule has 4 atom stereocenters. The third-order valence-electron chi connectivity index (χ3n) is 8.43. The molecule has 1 fully saturated rings. The number of aliphatic hydroxyl groups excluding tert-OH is 2. The molecule has 1 aromatic carbocycles. The molecule has 222 valence electrons. The number of phenols is 1. The molecule has 12 heteroatoms. The summed E-state index contributed by atoms with van der Waals surface area (Å²) in [6, 6.07) is 1.90. The Kier molecular flexibility index (Phi) is 8.30. The van der Waals surface area contributed by atoms with Crippen LogP contribution in [0.5, 0.6) is 5.75 Å². The number of carbonyl (C=O) groups excluding carboxylic acids is 4. The van der Waals surface area contributed by atoms with Crippen molar-refractivity contribution in [3.05, 3.63) is 45.7 Å². The SMILES string of the molecule is CN(C)CCCNC(=O)CCc1ccc(O)c2c1C[C@H]1C[C@H]3[C@H](N(C)C)C(=O)C(C(N)=O)=C(O)[C@@]3(O)C(=O)C1=C2O. The lowest BCUT2D eigenvalue weighted by Crippen LogP contribution is -2.65. The zero-order valence-electron chi connectivity index (χ0n) is 23.7. The molecule has 0 aliphatic heterocycles. The molecule has 7 N–H and O–H groups in total. The molecular weight excluding hydrogens is 532 g/mol. The van der Waals surface area contributed by atoms with Gasteiger partial charge in [-0.1, -0.05) is 6.07 Å². The summed E-state index contributed by atoms with van der Waals surface area (Å²) in [6.07, 6.45) is 1.49. The Bertz CT molecular complexity index is 1360. The van der Waals surface area contributed by atoms with E-state index in [9.17, 15) is 39.6 Å². The van der Waals surface area contributed by atoms with Crippen LogP contribution in [0.3, 0.4) is 0 Å². The third kappa shape index (κ3) is 5.11. The summed E-state index contributed by atoms with van der Waals surface area (Å²) in [5.41, 5.74) is 2.91. The Morgan fingerprint density at radius 3 is 2.41 bits per heavy atom. The van der Waals surface area contributed by atoms with E-state index in [4.69, 9.17) is 5.73 Å². The van der Waals surface area contributed by atoms with Gasteiger partial charge in [-0.15, -0.1) is 0 Å². The molecule has 4 rings (SSSR count). The van der Waals surface area contributed by atoms with E-state index in [1.54, 1.807) is 20.2 Å². The van der Waals surface area contributed by atoms with Crippen LogP contribution >= 0.6 is 0 Å². The van der Waals surface area contributed by atoms with Crippen molar-refractivity contribution in [2.24, 2.45) is 17.6 Å². The number of likely N-dealkylation sites (N-methyl/N-ethyl adjacent to an activating group) is 1. The number of carbonyl (C=O) groups is 4. The molecular formula is C29H38N4O8. The van der Waals surface area contributed by atoms with Crippen LogP contribution in [0.15, 0.2) is 29.0 Å². The number of primary amides is 1. The van der Waals surface area contributed by atoms with Crippen LogP contribution in [0, 0.1) is 11.8 Å². The van der Waals surface area contributed by atoms with Gasteiger partial charge in [0.2, 0.25) is 11.7 Å². The highest BCUT2D eigenvalue weighted by Crippen LogP contribution is 2.53. The van der Waals surface area contributed by atoms with Crippen LogP contribution in [0.1, 0.15) is 36.0 Å². The quantitative estimate of drug-likeness (QED) is 0.173. The molecule has 3 aliphatic carbocycles. The van der Waals surface area contributed by atoms with E-state index in [0.29, 0.717) is 24.1 Å². The number of nitrogens with zero attached hydrogens (tertiary/aromatic N) is 2. The standard InChI is InChI=1S/C29H38N4O8/c1-32(2)11-5-10-31-19(35)9-7-14-6-8-18(34)21-16(14)12-15-13-17-23(33(3)4)25(37)22(28(30)40)27(39)29(17,41)26(38)20(15)24(21)36/h6,8,15,17,23,34,36,39,41H,5,7,9-13H2,1-4H3,(H2,30,40)(H,31,35)/t15-,17-,23-,29-/m0/s1. The third-order valence-corrected chi connectivity index (χ3v) is 8.43. The maximum atomic E-state index is 13.9. The molecule has 12 nitrogen and oxygen atoms in total. The molecule has 41 heavy (non-hydrogen) atoms. The Morgan fingerprint density at radius 2 is 1.80 bits per heavy atom. The van der Waals surface area contributed by atoms with Gasteiger partial charge in [-0.25, -0.2) is 0 Å². The number of aryl methyl sites for hydroxylation is 1. The van der Waals surface area contributed by atoms with Gasteiger partial charge in [0.1, 0.15) is 22.8 Å². The fourth-order valence-corrected chi connectivity index (χ4v) is 6.50. The number of nitrogens with one attached hydrogen (secondary N) is 1. The molecule has 0 aromatic heterocycles. The van der Waals surface area contributed by atoms with Gasteiger partial charge in [0, 0.05) is 24.5 Å². The molecule has 0 saturated heterocycles. The van der Waals surface area contributed by atoms with Gasteiger partial charge in [-0.05, 0) is 83.5 Å². The Labute approximate surface area is 238 Å². The lowest BCUT2D eigenvalue weighted by atomic mass is 9.57. The number of fused-ring (bicyclic) bond motifs is 3. The molecule has 2 amide bonds. The van der Waals surface area contributed by atoms with E-state index in [-0.39, 0.29) is 42.1 Å². The minimum atomic E-state index is -2.68. The number of Topliss-reactive ketones (excluding diaryl/α,β-unsaturated/α-hetero) is 2. The number of hydrogen-bond donors (Lipinski definition) is 6. The van der Waals surface area contributed by atoms with Gasteiger partial charge in [0.05, 0.1) is 11.6 Å². The average molecular weight is 571 g/mol. The Morgan fingerprint density at radius 1 is 1.12 bits per heavy atom. The lowest BCUT2D eigenvalue weighted by molar-refractivity contribution is -0.153. The second-order valence-corrected chi connectivity index (χ2v) is 11.6. The fourth-order valence-electron chi connectivity index (χ4n) is 6.50. The number of nitrogens with two attached hydrogens (primary N) is 1. The number of aliphatic hydroxyl groups is 3. The predicted molar refractivity (Wildman–Crippen MR) is 149 cm³/mol. The van der Waals surface area contributed by atoms with E-state index >= 15 is 0 Å². The maximum absolute atomic E-state index is 13.9. The molecule has 0 spiro atoms. The number of phenolic OH excluding ortho intramolecular Hbond substituents is 1. The molecule has 0 bridgehead atoms. The van der Waals surface area contributed by atoms with Crippen LogP contribution in [-0.2, 0) is 32.0 Å². The van der Waals surface area contributed by atoms with E-state index < -0.39 is 58.0 Å². The fraction of sp³-hybridized carbons (Fsp3) is 0.517. The Balaban J connectivity index is 1.70. The Hall–Kier alpha value is -3.74. The van der Waals surface area contributed by atoms with Crippen LogP contribution in [0.25, 0.3) is 5.76 Å². The minimum absolute atomic E-state index is 0.00716. The van der Waals surface area contributed by atoms with Crippen molar-refractivity contribution in [2.75, 3.05) is 41.3 Å². The van der Waals surface area contributed by atoms with Crippen molar-refractivity contribution in [1.82, 2.24) is 15.1 Å². The van der Waals surface area contributed by atoms with Crippen molar-refractivity contribution < 1.29 is 39.6 Å². The van der Waals surface area contributed by atoms with E-state index in [1.807, 2.05) is 19.0 Å². The number of hydrogen-bond acceptors (Lipinski definition) is 10. The molecule has 1 saturated carbocycles. The van der Waals surface area contributed by atoms with Crippen LogP contribution < -0.4 is 11.1 Å². The topological polar surface area (TPSA) is 194 Å². The summed E-state index contributed by atoms with van der Waals surface area (Å²) in [5, 5.41) is 47.5. The summed E-state index contributed by atoms with van der Waals surface area (Å²) in [7, 11) is 7.01. The largest absolute Gasteiger partial charge is 0.508 e. The number of benzene rings is 1. The maximum Gasteiger partial charge on any atom is 0.255 e. The normalized spacial score (nSPS) is 25.8. The van der Waals surface area contributed by atoms with Crippen molar-refractivity contribution in [2.45, 2.75) is 43.7 Å². The first-order chi connectivity index (χ1) is 19.2. The zero-order valence-corrected chi connectivity index (χ0v) is 23.7. The first-order valence-electron chi connectivity index (χ1n) is 13.6. The van der Waals surface area contributed by atoms with Crippen LogP contribution in [0.4, 0.5) is 0 Å². The van der Waals surface area contributed by atoms with Gasteiger partial charge < -0.3 is 36.4 Å². The molecule has 0 unspecified atom stereocenters. The number of aromatic hydroxyl groups is 1. The van der Waals surface area contributed by atoms with Gasteiger partial charge >= 0.3 is 0 Å². The lowest BCUT2D eigenvalue weighted by Gasteiger charge is -2.50. The molecule has 1 aromatic rings. The molecule has 3 aliphatic rings. The summed E-state index contributed by atoms with van der Waals surface area (Å²) < 4.78 is 0. The summed E-state index contributed by atoms with van der Waals surface area (Å²) >= 11 is 0. The van der Waals surface area contributed by atoms with Crippen molar-refractivity contribution in [1.29, 1.82) is 0 Å². The summed E-state index contributed by atoms with van der Waals surface area (Å²) in [4.78, 5) is 55.1. The van der Waals surface area contributed by atoms with Crippen molar-refractivity contribution in [3.63, 3.8) is 0 Å². The van der Waals surface area contributed by atoms with E-state index in [1.165, 1.54) is 11.0 Å². The smallest absolute Gasteiger partial charge is 0.255 e. The predicted octanol–water partition coefficient (Wildman–Crippen LogP) is -0.0355. The van der Waals surface area contributed by atoms with Gasteiger partial charge in [0.15, 0.2) is 11.4 Å². The second-order valence-electron chi connectivity index (χ2n) is 11.6. The number of rotatable bonds is 9. The minimum Gasteiger partial charge on any atom is -0.508 e. The van der Waals surface area contributed by atoms with E-state index in [0.717, 1.165) is 13.0 Å². The summed E-state index contributed by atoms with van der Waals surface area (Å²) in [6.45, 7) is 1.38. The van der Waals surface area contributed by atoms with E-state index in [2.05, 4.69) is 5.32 Å². The number of ketones is 2. The first kappa shape index (κ1) is 30.2. The van der Waals surface area contributed by atoms with Crippen molar-refractivity contribution >= 4 is 29.1 Å². The highest BCUT2D eigenvalue weighted by molar-refractivity contribution is 6.24. The summed E-state index contributed by atoms with van der Waals surface area (Å²) in [5.74, 6) is -7.04. The van der Waals surface area contributed by atoms with Crippen LogP contribution in [-0.4, -0.2) is 107 Å². The first-order valence-corrected chi connectivity index (χ1v) is 13.6. The second kappa shape index (κ2) is 11.3. The average Bonchev–Trinajstić information content (AvgIpc) is 2.87. The zero-order chi connectivity index (χ0) is 30.4. The molecule has 0 heterocycles. The van der Waals surface area contributed by atoms with Gasteiger partial charge in [-0.3, -0.25) is 24.1 Å². The molecule has 0 radical (unpaired) electrons. The van der Waals surface area contributed by atoms with Gasteiger partial charge in [0.25, 0.3) is 5.91 Å². The highest BCUT2D eigenvalue weighted by atomic mass is 16.3. The number of amides is 2. The highest BCUT2D eigenvalue weighted by Gasteiger charge is 2.64.